The lowest BCUT2D eigenvalue weighted by Gasteiger charge is -2.46. The van der Waals surface area contributed by atoms with Gasteiger partial charge in [-0.1, -0.05) is 12.2 Å². The van der Waals surface area contributed by atoms with Gasteiger partial charge in [0.15, 0.2) is 25.0 Å². The number of alkyl halides is 1. The number of ether oxygens (including phenoxy) is 6. The molecular formula is C30H57FN8O13. The molecule has 19 atom stereocenters. The van der Waals surface area contributed by atoms with Crippen molar-refractivity contribution in [2.45, 2.75) is 129 Å². The summed E-state index contributed by atoms with van der Waals surface area (Å²) in [6.07, 6.45) is -17.6. The van der Waals surface area contributed by atoms with E-state index in [1.165, 1.54) is 0 Å². The highest BCUT2D eigenvalue weighted by Gasteiger charge is 2.54. The third-order valence-electron chi connectivity index (χ3n) is 9.58. The van der Waals surface area contributed by atoms with Gasteiger partial charge >= 0.3 is 0 Å². The molecule has 0 spiro atoms. The molecule has 1 aliphatic carbocycles. The van der Waals surface area contributed by atoms with Crippen LogP contribution in [0.5, 0.6) is 0 Å². The van der Waals surface area contributed by atoms with E-state index in [2.05, 4.69) is 10.6 Å². The summed E-state index contributed by atoms with van der Waals surface area (Å²) in [6, 6.07) is -4.34. The third-order valence-corrected chi connectivity index (χ3v) is 9.58. The number of aliphatic hydroxyl groups excluding tert-OH is 6. The minimum atomic E-state index is -2.15. The topological polar surface area (TPSA) is 374 Å². The highest BCUT2D eigenvalue weighted by atomic mass is 19.1. The van der Waals surface area contributed by atoms with Crippen molar-refractivity contribution in [3.8, 4) is 0 Å². The number of aliphatic hydroxyl groups is 6. The van der Waals surface area contributed by atoms with Crippen molar-refractivity contribution in [1.29, 1.82) is 0 Å². The molecule has 21 nitrogen and oxygen atoms in total. The highest BCUT2D eigenvalue weighted by Crippen LogP contribution is 2.34. The Balaban J connectivity index is 1.54. The van der Waals surface area contributed by atoms with E-state index in [9.17, 15) is 39.8 Å². The van der Waals surface area contributed by atoms with E-state index in [4.69, 9.17) is 62.8 Å². The number of rotatable bonds is 17. The van der Waals surface area contributed by atoms with Crippen molar-refractivity contribution in [1.82, 2.24) is 10.6 Å². The van der Waals surface area contributed by atoms with Crippen LogP contribution in [0.1, 0.15) is 12.8 Å². The Labute approximate surface area is 300 Å². The van der Waals surface area contributed by atoms with Crippen LogP contribution in [-0.2, 0) is 33.2 Å². The first-order valence-electron chi connectivity index (χ1n) is 17.4. The van der Waals surface area contributed by atoms with Crippen molar-refractivity contribution in [2.75, 3.05) is 39.3 Å². The van der Waals surface area contributed by atoms with Crippen LogP contribution < -0.4 is 45.0 Å². The van der Waals surface area contributed by atoms with Crippen LogP contribution in [0.15, 0.2) is 12.2 Å². The molecule has 1 amide bonds. The van der Waals surface area contributed by atoms with Crippen LogP contribution >= 0.6 is 0 Å². The molecular weight excluding hydrogens is 699 g/mol. The maximum atomic E-state index is 14.0. The molecule has 0 bridgehead atoms. The standard InChI is InChI=1S/C30H57FN8O13/c31-12(7-33)19(41)27(46)39-15-6-14(36)24(50-28-13(35)3-2-11(47-28)9-38-5-1-4-32)26(20(15)42)52-30-23(45)25(17(10-40)49-30)51-29-18(37)22(44)21(43)16(8-34)48-29/h2-3,11-26,28-30,38,40-45H,1,4-10,32-37H2,(H,39,46)/t11-,12-,13+,14-,15+,16-,17+,18+,19?,20-,21+,22+,23+,24+,25+,26+,28+,29+,30-/m0/s1. The number of carbonyl (C=O) groups is 1. The molecule has 2 saturated heterocycles. The second-order valence-electron chi connectivity index (χ2n) is 13.4. The maximum Gasteiger partial charge on any atom is 0.252 e. The van der Waals surface area contributed by atoms with Gasteiger partial charge in [0.05, 0.1) is 30.8 Å². The Morgan fingerprint density at radius 1 is 0.865 bits per heavy atom. The van der Waals surface area contributed by atoms with E-state index in [0.29, 0.717) is 19.6 Å². The van der Waals surface area contributed by atoms with Crippen LogP contribution in [0.25, 0.3) is 0 Å². The Morgan fingerprint density at radius 2 is 1.54 bits per heavy atom. The fraction of sp³-hybridized carbons (Fsp3) is 0.900. The fourth-order valence-corrected chi connectivity index (χ4v) is 6.50. The molecule has 3 aliphatic heterocycles. The van der Waals surface area contributed by atoms with E-state index in [1.54, 1.807) is 12.2 Å². The first-order chi connectivity index (χ1) is 24.8. The SMILES string of the molecule is NCCCNC[C@@H]1C=C[C@@H](N)[C@@H](O[C@H]2[C@H](O[C@@H]3O[C@H](CO)[C@@H](O[C@H]4O[C@@H](CN)[C@@H](O)[C@H](O)[C@H]4N)[C@H]3O)[C@@H](O)[C@H](NC(=O)C(O)[C@@H](F)CN)C[C@@H]2N)O1. The quantitative estimate of drug-likeness (QED) is 0.0484. The maximum absolute atomic E-state index is 14.0. The van der Waals surface area contributed by atoms with Crippen LogP contribution in [0.2, 0.25) is 0 Å². The molecule has 20 N–H and O–H groups in total. The summed E-state index contributed by atoms with van der Waals surface area (Å²) in [5, 5.41) is 69.4. The first kappa shape index (κ1) is 43.1. The van der Waals surface area contributed by atoms with Gasteiger partial charge in [-0.2, -0.15) is 0 Å². The van der Waals surface area contributed by atoms with Crippen molar-refractivity contribution in [3.05, 3.63) is 12.2 Å². The predicted molar refractivity (Wildman–Crippen MR) is 177 cm³/mol. The first-order valence-corrected chi connectivity index (χ1v) is 17.4. The Kier molecular flexibility index (Phi) is 16.4. The van der Waals surface area contributed by atoms with Crippen LogP contribution in [0, 0.1) is 0 Å². The number of amides is 1. The zero-order valence-electron chi connectivity index (χ0n) is 28.7. The number of carbonyl (C=O) groups excluding carboxylic acids is 1. The molecule has 0 aromatic carbocycles. The van der Waals surface area contributed by atoms with Crippen molar-refractivity contribution in [2.24, 2.45) is 34.4 Å². The van der Waals surface area contributed by atoms with Gasteiger partial charge in [-0.15, -0.1) is 0 Å². The second kappa shape index (κ2) is 19.8. The van der Waals surface area contributed by atoms with E-state index >= 15 is 0 Å². The number of halogens is 1. The summed E-state index contributed by atoms with van der Waals surface area (Å²) < 4.78 is 49.7. The van der Waals surface area contributed by atoms with Gasteiger partial charge in [-0.05, 0) is 25.9 Å². The number of nitrogens with one attached hydrogen (secondary N) is 2. The predicted octanol–water partition coefficient (Wildman–Crippen LogP) is -8.27. The highest BCUT2D eigenvalue weighted by molar-refractivity contribution is 5.81. The second-order valence-corrected chi connectivity index (χ2v) is 13.4. The minimum Gasteiger partial charge on any atom is -0.394 e. The van der Waals surface area contributed by atoms with E-state index in [0.717, 1.165) is 6.42 Å². The summed E-state index contributed by atoms with van der Waals surface area (Å²) in [4.78, 5) is 12.7. The fourth-order valence-electron chi connectivity index (χ4n) is 6.50. The molecule has 3 heterocycles. The van der Waals surface area contributed by atoms with Crippen molar-refractivity contribution < 1.29 is 68.2 Å². The number of hydrogen-bond donors (Lipinski definition) is 14. The number of hydrogen-bond acceptors (Lipinski definition) is 20. The summed E-state index contributed by atoms with van der Waals surface area (Å²) in [7, 11) is 0. The van der Waals surface area contributed by atoms with E-state index < -0.39 is 135 Å². The lowest BCUT2D eigenvalue weighted by molar-refractivity contribution is -0.284. The molecule has 1 unspecified atom stereocenters. The number of nitrogens with two attached hydrogens (primary N) is 6. The summed E-state index contributed by atoms with van der Waals surface area (Å²) >= 11 is 0. The molecule has 0 aromatic heterocycles. The smallest absolute Gasteiger partial charge is 0.252 e. The monoisotopic (exact) mass is 756 g/mol. The Hall–Kier alpha value is -1.62. The summed E-state index contributed by atoms with van der Waals surface area (Å²) in [6.45, 7) is 0.00380. The molecule has 0 aromatic rings. The molecule has 1 saturated carbocycles. The Bertz CT molecular complexity index is 1140. The normalized spacial score (nSPS) is 43.7. The molecule has 4 rings (SSSR count). The van der Waals surface area contributed by atoms with Crippen LogP contribution in [0.4, 0.5) is 4.39 Å². The lowest BCUT2D eigenvalue weighted by Crippen LogP contribution is -2.67. The lowest BCUT2D eigenvalue weighted by atomic mass is 9.83. The van der Waals surface area contributed by atoms with Gasteiger partial charge < -0.3 is 104 Å². The minimum absolute atomic E-state index is 0.155. The van der Waals surface area contributed by atoms with Crippen LogP contribution in [-0.4, -0.2) is 192 Å². The molecule has 22 heteroatoms. The Morgan fingerprint density at radius 3 is 2.19 bits per heavy atom. The largest absolute Gasteiger partial charge is 0.394 e. The van der Waals surface area contributed by atoms with Gasteiger partial charge in [0.2, 0.25) is 0 Å². The summed E-state index contributed by atoms with van der Waals surface area (Å²) in [5.74, 6) is -1.17. The van der Waals surface area contributed by atoms with Crippen molar-refractivity contribution in [3.63, 3.8) is 0 Å². The molecule has 302 valence electrons. The van der Waals surface area contributed by atoms with Crippen molar-refractivity contribution >= 4 is 5.91 Å². The van der Waals surface area contributed by atoms with E-state index in [1.807, 2.05) is 0 Å². The van der Waals surface area contributed by atoms with Gasteiger partial charge in [0.25, 0.3) is 5.91 Å². The average Bonchev–Trinajstić information content (AvgIpc) is 3.43. The van der Waals surface area contributed by atoms with Gasteiger partial charge in [-0.25, -0.2) is 4.39 Å². The van der Waals surface area contributed by atoms with E-state index in [-0.39, 0.29) is 13.0 Å². The zero-order valence-corrected chi connectivity index (χ0v) is 28.7. The molecule has 4 aliphatic rings. The van der Waals surface area contributed by atoms with Gasteiger partial charge in [-0.3, -0.25) is 4.79 Å². The van der Waals surface area contributed by atoms with Gasteiger partial charge in [0.1, 0.15) is 61.1 Å². The summed E-state index contributed by atoms with van der Waals surface area (Å²) in [5.41, 5.74) is 35.3. The van der Waals surface area contributed by atoms with Gasteiger partial charge in [0, 0.05) is 25.7 Å². The zero-order chi connectivity index (χ0) is 38.3. The third kappa shape index (κ3) is 10.2. The molecule has 52 heavy (non-hydrogen) atoms. The van der Waals surface area contributed by atoms with Crippen LogP contribution in [0.3, 0.4) is 0 Å². The molecule has 3 fully saturated rings. The molecule has 0 radical (unpaired) electrons. The average molecular weight is 757 g/mol.